The number of carbonyl (C=O) groups is 1. The van der Waals surface area contributed by atoms with Gasteiger partial charge in [0.1, 0.15) is 0 Å². The number of alkyl halides is 3. The minimum absolute atomic E-state index is 0.0467. The van der Waals surface area contributed by atoms with E-state index in [2.05, 4.69) is 10.2 Å². The first-order chi connectivity index (χ1) is 12.6. The lowest BCUT2D eigenvalue weighted by Crippen LogP contribution is -2.50. The van der Waals surface area contributed by atoms with E-state index in [1.54, 1.807) is 6.92 Å². The number of thioether (sulfide) groups is 1. The van der Waals surface area contributed by atoms with Crippen LogP contribution in [-0.4, -0.2) is 42.7 Å². The lowest BCUT2D eigenvalue weighted by Gasteiger charge is -2.40. The first-order valence-electron chi connectivity index (χ1n) is 8.70. The number of fused-ring (bicyclic) bond motifs is 1. The first kappa shape index (κ1) is 20.3. The van der Waals surface area contributed by atoms with Crippen LogP contribution in [0.25, 0.3) is 5.65 Å². The van der Waals surface area contributed by atoms with Gasteiger partial charge in [-0.1, -0.05) is 23.4 Å². The highest BCUT2D eigenvalue weighted by molar-refractivity contribution is 8.00. The normalized spacial score (nSPS) is 22.3. The van der Waals surface area contributed by atoms with Gasteiger partial charge in [-0.25, -0.2) is 0 Å². The molecule has 1 aliphatic rings. The van der Waals surface area contributed by atoms with Crippen molar-refractivity contribution >= 4 is 34.9 Å². The molecule has 5 nitrogen and oxygen atoms in total. The zero-order chi connectivity index (χ0) is 19.9. The van der Waals surface area contributed by atoms with Crippen molar-refractivity contribution in [3.8, 4) is 0 Å². The third kappa shape index (κ3) is 4.03. The Labute approximate surface area is 164 Å². The van der Waals surface area contributed by atoms with Crippen molar-refractivity contribution in [1.82, 2.24) is 19.5 Å². The molecule has 10 heteroatoms. The topological polar surface area (TPSA) is 50.5 Å². The summed E-state index contributed by atoms with van der Waals surface area (Å²) < 4.78 is 40.4. The van der Waals surface area contributed by atoms with Crippen LogP contribution in [0.2, 0.25) is 5.02 Å². The average Bonchev–Trinajstić information content (AvgIpc) is 2.97. The molecule has 0 radical (unpaired) electrons. The Balaban J connectivity index is 1.87. The summed E-state index contributed by atoms with van der Waals surface area (Å²) >= 11 is 7.02. The number of likely N-dealkylation sites (tertiary alicyclic amines) is 1. The first-order valence-corrected chi connectivity index (χ1v) is 9.95. The third-order valence-electron chi connectivity index (χ3n) is 4.83. The van der Waals surface area contributed by atoms with Gasteiger partial charge in [-0.15, -0.1) is 10.2 Å². The highest BCUT2D eigenvalue weighted by Gasteiger charge is 2.34. The van der Waals surface area contributed by atoms with Crippen molar-refractivity contribution in [2.45, 2.75) is 68.7 Å². The maximum absolute atomic E-state index is 13.1. The van der Waals surface area contributed by atoms with Crippen LogP contribution in [0.3, 0.4) is 0 Å². The maximum Gasteiger partial charge on any atom is 0.417 e. The van der Waals surface area contributed by atoms with E-state index in [-0.39, 0.29) is 33.8 Å². The largest absolute Gasteiger partial charge is 0.417 e. The van der Waals surface area contributed by atoms with Crippen LogP contribution >= 0.6 is 23.4 Å². The highest BCUT2D eigenvalue weighted by Crippen LogP contribution is 2.34. The van der Waals surface area contributed by atoms with E-state index in [0.29, 0.717) is 0 Å². The van der Waals surface area contributed by atoms with Crippen molar-refractivity contribution in [2.75, 3.05) is 0 Å². The van der Waals surface area contributed by atoms with E-state index in [0.717, 1.165) is 43.3 Å². The Morgan fingerprint density at radius 1 is 1.30 bits per heavy atom. The molecule has 0 bridgehead atoms. The minimum Gasteiger partial charge on any atom is -0.336 e. The Kier molecular flexibility index (Phi) is 5.63. The van der Waals surface area contributed by atoms with Crippen LogP contribution in [0, 0.1) is 0 Å². The molecule has 3 rings (SSSR count). The van der Waals surface area contributed by atoms with Gasteiger partial charge in [-0.3, -0.25) is 9.20 Å². The lowest BCUT2D eigenvalue weighted by molar-refractivity contribution is -0.138. The van der Waals surface area contributed by atoms with Crippen LogP contribution in [-0.2, 0) is 11.0 Å². The second-order valence-corrected chi connectivity index (χ2v) is 8.60. The molecule has 3 atom stereocenters. The van der Waals surface area contributed by atoms with Crippen molar-refractivity contribution in [1.29, 1.82) is 0 Å². The molecule has 0 aromatic carbocycles. The summed E-state index contributed by atoms with van der Waals surface area (Å²) in [4.78, 5) is 14.8. The molecule has 2 aromatic rings. The molecule has 1 fully saturated rings. The van der Waals surface area contributed by atoms with Gasteiger partial charge in [0, 0.05) is 18.3 Å². The summed E-state index contributed by atoms with van der Waals surface area (Å²) in [7, 11) is 0. The number of amides is 1. The van der Waals surface area contributed by atoms with Crippen molar-refractivity contribution < 1.29 is 18.0 Å². The number of nitrogens with zero attached hydrogens (tertiary/aromatic N) is 4. The smallest absolute Gasteiger partial charge is 0.336 e. The van der Waals surface area contributed by atoms with Crippen molar-refractivity contribution in [3.05, 3.63) is 22.8 Å². The van der Waals surface area contributed by atoms with Crippen molar-refractivity contribution in [3.63, 3.8) is 0 Å². The van der Waals surface area contributed by atoms with Gasteiger partial charge in [0.05, 0.1) is 15.8 Å². The molecule has 0 aliphatic carbocycles. The van der Waals surface area contributed by atoms with Gasteiger partial charge >= 0.3 is 6.18 Å². The second-order valence-electron chi connectivity index (χ2n) is 6.89. The van der Waals surface area contributed by atoms with E-state index in [1.165, 1.54) is 4.40 Å². The molecule has 27 heavy (non-hydrogen) atoms. The molecule has 3 heterocycles. The fourth-order valence-corrected chi connectivity index (χ4v) is 4.57. The lowest BCUT2D eigenvalue weighted by atomic mass is 9.97. The summed E-state index contributed by atoms with van der Waals surface area (Å²) in [6, 6.07) is 1.11. The third-order valence-corrected chi connectivity index (χ3v) is 6.16. The quantitative estimate of drug-likeness (QED) is 0.677. The molecular weight excluding hydrogens is 401 g/mol. The number of halogens is 4. The molecule has 0 unspecified atom stereocenters. The molecule has 0 spiro atoms. The number of hydrogen-bond acceptors (Lipinski definition) is 4. The summed E-state index contributed by atoms with van der Waals surface area (Å²) in [5.41, 5.74) is -0.759. The number of pyridine rings is 1. The number of aromatic nitrogens is 3. The summed E-state index contributed by atoms with van der Waals surface area (Å²) in [6.45, 7) is 5.77. The Bertz CT molecular complexity index is 847. The van der Waals surface area contributed by atoms with Crippen molar-refractivity contribution in [2.24, 2.45) is 0 Å². The molecule has 0 saturated carbocycles. The molecule has 148 valence electrons. The number of piperidine rings is 1. The average molecular weight is 421 g/mol. The van der Waals surface area contributed by atoms with E-state index < -0.39 is 17.0 Å². The van der Waals surface area contributed by atoms with Crippen LogP contribution in [0.15, 0.2) is 17.4 Å². The Hall–Kier alpha value is -1.48. The van der Waals surface area contributed by atoms with E-state index >= 15 is 0 Å². The number of rotatable bonds is 3. The van der Waals surface area contributed by atoms with Crippen LogP contribution < -0.4 is 0 Å². The van der Waals surface area contributed by atoms with Gasteiger partial charge in [0.2, 0.25) is 5.91 Å². The number of hydrogen-bond donors (Lipinski definition) is 0. The van der Waals surface area contributed by atoms with E-state index in [1.807, 2.05) is 18.7 Å². The molecule has 1 amide bonds. The van der Waals surface area contributed by atoms with Crippen LogP contribution in [0.1, 0.15) is 45.6 Å². The highest BCUT2D eigenvalue weighted by atomic mass is 35.5. The van der Waals surface area contributed by atoms with Crippen LogP contribution in [0.5, 0.6) is 0 Å². The Morgan fingerprint density at radius 2 is 1.93 bits per heavy atom. The van der Waals surface area contributed by atoms with Gasteiger partial charge in [0.25, 0.3) is 0 Å². The SMILES string of the molecule is C[C@@H](Sc1nnc2c(Cl)cc(C(F)(F)F)cn12)C(=O)N1[C@@H](C)CCC[C@@H]1C. The molecular formula is C17H20ClF3N4OS. The monoisotopic (exact) mass is 420 g/mol. The van der Waals surface area contributed by atoms with Gasteiger partial charge < -0.3 is 4.90 Å². The summed E-state index contributed by atoms with van der Waals surface area (Å²) in [6.07, 6.45) is -0.643. The number of carbonyl (C=O) groups excluding carboxylic acids is 1. The molecule has 2 aromatic heterocycles. The minimum atomic E-state index is -4.54. The summed E-state index contributed by atoms with van der Waals surface area (Å²) in [5.74, 6) is -0.0467. The molecule has 1 aliphatic heterocycles. The van der Waals surface area contributed by atoms with Gasteiger partial charge in [-0.05, 0) is 46.1 Å². The predicted molar refractivity (Wildman–Crippen MR) is 97.9 cm³/mol. The van der Waals surface area contributed by atoms with Gasteiger partial charge in [-0.2, -0.15) is 13.2 Å². The standard InChI is InChI=1S/C17H20ClF3N4OS/c1-9-5-4-6-10(2)25(9)15(26)11(3)27-16-23-22-14-13(18)7-12(8-24(14)16)17(19,20)21/h7-11H,4-6H2,1-3H3/t9-,10-,11+/m0/s1. The van der Waals surface area contributed by atoms with E-state index in [9.17, 15) is 18.0 Å². The maximum atomic E-state index is 13.1. The predicted octanol–water partition coefficient (Wildman–Crippen LogP) is 4.67. The van der Waals surface area contributed by atoms with Crippen LogP contribution in [0.4, 0.5) is 13.2 Å². The Morgan fingerprint density at radius 3 is 2.52 bits per heavy atom. The molecule has 1 saturated heterocycles. The van der Waals surface area contributed by atoms with Gasteiger partial charge in [0.15, 0.2) is 10.8 Å². The fourth-order valence-electron chi connectivity index (χ4n) is 3.44. The second kappa shape index (κ2) is 7.50. The zero-order valence-corrected chi connectivity index (χ0v) is 16.7. The molecule has 0 N–H and O–H groups in total. The van der Waals surface area contributed by atoms with E-state index in [4.69, 9.17) is 11.6 Å². The summed E-state index contributed by atoms with van der Waals surface area (Å²) in [5, 5.41) is 7.36. The fraction of sp³-hybridized carbons (Fsp3) is 0.588. The zero-order valence-electron chi connectivity index (χ0n) is 15.1.